The van der Waals surface area contributed by atoms with Crippen molar-refractivity contribution in [1.29, 1.82) is 0 Å². The summed E-state index contributed by atoms with van der Waals surface area (Å²) in [6.45, 7) is -0.00278. The van der Waals surface area contributed by atoms with Gasteiger partial charge in [0.25, 0.3) is 0 Å². The smallest absolute Gasteiger partial charge is 0.306 e. The maximum absolute atomic E-state index is 13.1. The van der Waals surface area contributed by atoms with Crippen molar-refractivity contribution in [1.82, 2.24) is 4.72 Å². The number of benzene rings is 3. The molecule has 0 saturated heterocycles. The van der Waals surface area contributed by atoms with Crippen LogP contribution in [0.3, 0.4) is 0 Å². The fourth-order valence-electron chi connectivity index (χ4n) is 3.37. The Morgan fingerprint density at radius 3 is 2.28 bits per heavy atom. The highest BCUT2D eigenvalue weighted by atomic mass is 35.5. The van der Waals surface area contributed by atoms with Crippen molar-refractivity contribution in [3.63, 3.8) is 0 Å². The molecule has 5 nitrogen and oxygen atoms in total. The highest BCUT2D eigenvalue weighted by molar-refractivity contribution is 7.89. The van der Waals surface area contributed by atoms with Gasteiger partial charge in [-0.1, -0.05) is 48.0 Å². The molecule has 1 unspecified atom stereocenters. The van der Waals surface area contributed by atoms with Gasteiger partial charge in [-0.05, 0) is 72.4 Å². The maximum atomic E-state index is 13.1. The lowest BCUT2D eigenvalue weighted by atomic mass is 9.94. The molecule has 1 atom stereocenters. The molecular weight excluding hydrogens is 453 g/mol. The SMILES string of the molecule is O=C(O)C(CCNS(=O)(=O)c1ccc(Cl)cc1)Cc1cccc(Cc2ccc(F)cc2)c1. The second kappa shape index (κ2) is 10.7. The van der Waals surface area contributed by atoms with Gasteiger partial charge >= 0.3 is 5.97 Å². The fourth-order valence-corrected chi connectivity index (χ4v) is 4.54. The molecule has 0 fully saturated rings. The lowest BCUT2D eigenvalue weighted by Gasteiger charge is -2.14. The number of carbonyl (C=O) groups is 1. The molecule has 0 heterocycles. The van der Waals surface area contributed by atoms with Gasteiger partial charge in [-0.15, -0.1) is 0 Å². The van der Waals surface area contributed by atoms with Crippen LogP contribution in [0.5, 0.6) is 0 Å². The maximum Gasteiger partial charge on any atom is 0.306 e. The van der Waals surface area contributed by atoms with E-state index in [4.69, 9.17) is 11.6 Å². The van der Waals surface area contributed by atoms with E-state index in [1.807, 2.05) is 24.3 Å². The number of sulfonamides is 1. The first kappa shape index (κ1) is 23.9. The minimum atomic E-state index is -3.74. The molecule has 0 amide bonds. The average molecular weight is 476 g/mol. The van der Waals surface area contributed by atoms with E-state index in [0.29, 0.717) is 11.4 Å². The molecule has 0 saturated carbocycles. The quantitative estimate of drug-likeness (QED) is 0.446. The lowest BCUT2D eigenvalue weighted by molar-refractivity contribution is -0.141. The summed E-state index contributed by atoms with van der Waals surface area (Å²) in [6.07, 6.45) is 1.02. The van der Waals surface area contributed by atoms with Gasteiger partial charge in [-0.2, -0.15) is 0 Å². The predicted octanol–water partition coefficient (Wildman–Crippen LogP) is 4.68. The van der Waals surface area contributed by atoms with Gasteiger partial charge < -0.3 is 5.11 Å². The van der Waals surface area contributed by atoms with Gasteiger partial charge in [-0.25, -0.2) is 17.5 Å². The van der Waals surface area contributed by atoms with Crippen LogP contribution in [-0.2, 0) is 27.7 Å². The lowest BCUT2D eigenvalue weighted by Crippen LogP contribution is -2.28. The fraction of sp³-hybridized carbons (Fsp3) is 0.208. The average Bonchev–Trinajstić information content (AvgIpc) is 2.75. The monoisotopic (exact) mass is 475 g/mol. The van der Waals surface area contributed by atoms with E-state index in [0.717, 1.165) is 16.7 Å². The number of nitrogens with one attached hydrogen (secondary N) is 1. The van der Waals surface area contributed by atoms with Crippen molar-refractivity contribution in [2.24, 2.45) is 5.92 Å². The molecule has 3 aromatic carbocycles. The Morgan fingerprint density at radius 2 is 1.62 bits per heavy atom. The second-order valence-corrected chi connectivity index (χ2v) is 9.71. The second-order valence-electron chi connectivity index (χ2n) is 7.50. The van der Waals surface area contributed by atoms with Crippen molar-refractivity contribution in [3.05, 3.63) is 100 Å². The van der Waals surface area contributed by atoms with Gasteiger partial charge in [0.2, 0.25) is 10.0 Å². The van der Waals surface area contributed by atoms with Crippen molar-refractivity contribution < 1.29 is 22.7 Å². The van der Waals surface area contributed by atoms with Crippen LogP contribution in [-0.4, -0.2) is 26.0 Å². The molecule has 168 valence electrons. The summed E-state index contributed by atoms with van der Waals surface area (Å²) in [5.41, 5.74) is 2.79. The molecule has 3 aromatic rings. The third-order valence-electron chi connectivity index (χ3n) is 5.05. The first-order valence-electron chi connectivity index (χ1n) is 10.0. The van der Waals surface area contributed by atoms with Crippen LogP contribution in [0.25, 0.3) is 0 Å². The van der Waals surface area contributed by atoms with E-state index in [-0.39, 0.29) is 30.1 Å². The molecular formula is C24H23ClFNO4S. The summed E-state index contributed by atoms with van der Waals surface area (Å²) in [6, 6.07) is 19.6. The third kappa shape index (κ3) is 6.88. The highest BCUT2D eigenvalue weighted by Crippen LogP contribution is 2.18. The van der Waals surface area contributed by atoms with Crippen molar-refractivity contribution in [2.45, 2.75) is 24.2 Å². The number of hydrogen-bond donors (Lipinski definition) is 2. The highest BCUT2D eigenvalue weighted by Gasteiger charge is 2.20. The Labute approximate surface area is 191 Å². The van der Waals surface area contributed by atoms with Crippen molar-refractivity contribution in [2.75, 3.05) is 6.54 Å². The largest absolute Gasteiger partial charge is 0.481 e. The molecule has 2 N–H and O–H groups in total. The zero-order valence-corrected chi connectivity index (χ0v) is 18.7. The topological polar surface area (TPSA) is 83.5 Å². The first-order chi connectivity index (χ1) is 15.2. The number of halogens is 2. The minimum absolute atomic E-state index is 0.00278. The van der Waals surface area contributed by atoms with Crippen molar-refractivity contribution in [3.8, 4) is 0 Å². The van der Waals surface area contributed by atoms with Gasteiger partial charge in [-0.3, -0.25) is 4.79 Å². The summed E-state index contributed by atoms with van der Waals surface area (Å²) in [5, 5.41) is 10.0. The molecule has 8 heteroatoms. The zero-order chi connectivity index (χ0) is 23.1. The molecule has 0 aliphatic heterocycles. The molecule has 0 spiro atoms. The van der Waals surface area contributed by atoms with E-state index in [2.05, 4.69) is 4.72 Å². The Hall–Kier alpha value is -2.74. The third-order valence-corrected chi connectivity index (χ3v) is 6.78. The Balaban J connectivity index is 1.61. The normalized spacial score (nSPS) is 12.4. The predicted molar refractivity (Wildman–Crippen MR) is 122 cm³/mol. The number of rotatable bonds is 10. The summed E-state index contributed by atoms with van der Waals surface area (Å²) in [7, 11) is -3.74. The summed E-state index contributed by atoms with van der Waals surface area (Å²) >= 11 is 5.79. The molecule has 0 aliphatic rings. The number of hydrogen-bond acceptors (Lipinski definition) is 3. The van der Waals surface area contributed by atoms with Crippen LogP contribution in [0.15, 0.2) is 77.7 Å². The van der Waals surface area contributed by atoms with E-state index in [1.54, 1.807) is 12.1 Å². The van der Waals surface area contributed by atoms with Gasteiger partial charge in [0.15, 0.2) is 0 Å². The van der Waals surface area contributed by atoms with Crippen LogP contribution in [0.2, 0.25) is 5.02 Å². The molecule has 0 bridgehead atoms. The van der Waals surface area contributed by atoms with Gasteiger partial charge in [0.1, 0.15) is 5.82 Å². The van der Waals surface area contributed by atoms with Crippen LogP contribution in [0.1, 0.15) is 23.1 Å². The standard InChI is InChI=1S/C24H23ClFNO4S/c25-21-6-10-23(11-7-21)32(30,31)27-13-12-20(24(28)29)16-19-3-1-2-18(15-19)14-17-4-8-22(26)9-5-17/h1-11,15,20,27H,12-14,16H2,(H,28,29). The Kier molecular flexibility index (Phi) is 8.01. The number of aliphatic carboxylic acids is 1. The zero-order valence-electron chi connectivity index (χ0n) is 17.2. The Bertz CT molecular complexity index is 1170. The minimum Gasteiger partial charge on any atom is -0.481 e. The van der Waals surface area contributed by atoms with E-state index in [9.17, 15) is 22.7 Å². The molecule has 0 aromatic heterocycles. The number of carboxylic acid groups (broad SMARTS) is 1. The molecule has 3 rings (SSSR count). The van der Waals surface area contributed by atoms with Gasteiger partial charge in [0, 0.05) is 11.6 Å². The van der Waals surface area contributed by atoms with E-state index < -0.39 is 21.9 Å². The summed E-state index contributed by atoms with van der Waals surface area (Å²) in [5.74, 6) is -2.03. The molecule has 0 aliphatic carbocycles. The van der Waals surface area contributed by atoms with Crippen LogP contribution >= 0.6 is 11.6 Å². The molecule has 0 radical (unpaired) electrons. The van der Waals surface area contributed by atoms with Crippen molar-refractivity contribution >= 4 is 27.6 Å². The first-order valence-corrected chi connectivity index (χ1v) is 11.9. The molecule has 32 heavy (non-hydrogen) atoms. The van der Waals surface area contributed by atoms with Crippen LogP contribution in [0, 0.1) is 11.7 Å². The summed E-state index contributed by atoms with van der Waals surface area (Å²) < 4.78 is 40.3. The van der Waals surface area contributed by atoms with Gasteiger partial charge in [0.05, 0.1) is 10.8 Å². The van der Waals surface area contributed by atoms with Crippen LogP contribution < -0.4 is 4.72 Å². The summed E-state index contributed by atoms with van der Waals surface area (Å²) in [4.78, 5) is 11.8. The van der Waals surface area contributed by atoms with E-state index in [1.165, 1.54) is 36.4 Å². The van der Waals surface area contributed by atoms with Crippen LogP contribution in [0.4, 0.5) is 4.39 Å². The number of carboxylic acids is 1. The Morgan fingerprint density at radius 1 is 0.969 bits per heavy atom. The van der Waals surface area contributed by atoms with E-state index >= 15 is 0 Å².